The van der Waals surface area contributed by atoms with Gasteiger partial charge in [-0.25, -0.2) is 9.37 Å². The zero-order valence-corrected chi connectivity index (χ0v) is 16.2. The number of thiazole rings is 1. The van der Waals surface area contributed by atoms with E-state index in [1.165, 1.54) is 12.1 Å². The second kappa shape index (κ2) is 8.15. The van der Waals surface area contributed by atoms with Gasteiger partial charge in [-0.2, -0.15) is 0 Å². The van der Waals surface area contributed by atoms with Gasteiger partial charge >= 0.3 is 0 Å². The first kappa shape index (κ1) is 18.8. The molecule has 136 valence electrons. The summed E-state index contributed by atoms with van der Waals surface area (Å²) < 4.78 is 18.6. The minimum Gasteiger partial charge on any atom is -0.416 e. The van der Waals surface area contributed by atoms with Crippen LogP contribution in [0.1, 0.15) is 23.5 Å². The standard InChI is InChI=1S/C16H14ClFN4O2S2/c1-8(15(23)20-13-4-3-10(18)5-12(13)17)26-16-22-21-14(24-16)6-11-7-25-9(2)19-11/h3-5,7-8H,6H2,1-2H3,(H,20,23)/t8-/m1/s1. The number of hydrogen-bond acceptors (Lipinski definition) is 7. The van der Waals surface area contributed by atoms with E-state index in [0.29, 0.717) is 23.2 Å². The number of benzene rings is 1. The number of aromatic nitrogens is 3. The molecule has 1 atom stereocenters. The second-order valence-electron chi connectivity index (χ2n) is 5.37. The molecule has 1 aromatic carbocycles. The van der Waals surface area contributed by atoms with Gasteiger partial charge in [-0.1, -0.05) is 23.4 Å². The van der Waals surface area contributed by atoms with E-state index in [9.17, 15) is 9.18 Å². The predicted octanol–water partition coefficient (Wildman–Crippen LogP) is 4.34. The van der Waals surface area contributed by atoms with Gasteiger partial charge in [-0.15, -0.1) is 21.5 Å². The average molecular weight is 413 g/mol. The van der Waals surface area contributed by atoms with E-state index in [-0.39, 0.29) is 10.9 Å². The van der Waals surface area contributed by atoms with E-state index in [4.69, 9.17) is 16.0 Å². The molecule has 3 aromatic rings. The minimum atomic E-state index is -0.508. The summed E-state index contributed by atoms with van der Waals surface area (Å²) in [6.45, 7) is 3.63. The van der Waals surface area contributed by atoms with Gasteiger partial charge in [0.25, 0.3) is 5.22 Å². The summed E-state index contributed by atoms with van der Waals surface area (Å²) in [5, 5.41) is 13.4. The van der Waals surface area contributed by atoms with Crippen molar-refractivity contribution in [1.29, 1.82) is 0 Å². The third-order valence-electron chi connectivity index (χ3n) is 3.28. The maximum Gasteiger partial charge on any atom is 0.277 e. The topological polar surface area (TPSA) is 80.9 Å². The Morgan fingerprint density at radius 3 is 2.96 bits per heavy atom. The fourth-order valence-electron chi connectivity index (χ4n) is 2.03. The molecule has 26 heavy (non-hydrogen) atoms. The largest absolute Gasteiger partial charge is 0.416 e. The van der Waals surface area contributed by atoms with Gasteiger partial charge in [0, 0.05) is 5.38 Å². The lowest BCUT2D eigenvalue weighted by Gasteiger charge is -2.11. The summed E-state index contributed by atoms with van der Waals surface area (Å²) in [7, 11) is 0. The summed E-state index contributed by atoms with van der Waals surface area (Å²) >= 11 is 8.60. The monoisotopic (exact) mass is 412 g/mol. The van der Waals surface area contributed by atoms with Crippen molar-refractivity contribution in [1.82, 2.24) is 15.2 Å². The number of amides is 1. The fourth-order valence-corrected chi connectivity index (χ4v) is 3.56. The van der Waals surface area contributed by atoms with Gasteiger partial charge in [0.1, 0.15) is 5.82 Å². The van der Waals surface area contributed by atoms with Crippen molar-refractivity contribution in [3.63, 3.8) is 0 Å². The van der Waals surface area contributed by atoms with E-state index in [0.717, 1.165) is 28.5 Å². The molecule has 3 rings (SSSR count). The minimum absolute atomic E-state index is 0.134. The van der Waals surface area contributed by atoms with Gasteiger partial charge in [0.15, 0.2) is 0 Å². The van der Waals surface area contributed by atoms with E-state index >= 15 is 0 Å². The third-order valence-corrected chi connectivity index (χ3v) is 5.35. The normalized spacial score (nSPS) is 12.2. The molecule has 1 amide bonds. The molecule has 0 aliphatic carbocycles. The number of thioether (sulfide) groups is 1. The number of hydrogen-bond donors (Lipinski definition) is 1. The highest BCUT2D eigenvalue weighted by Crippen LogP contribution is 2.26. The lowest BCUT2D eigenvalue weighted by atomic mass is 10.3. The van der Waals surface area contributed by atoms with Crippen molar-refractivity contribution in [2.75, 3.05) is 5.32 Å². The van der Waals surface area contributed by atoms with Crippen LogP contribution in [0.2, 0.25) is 5.02 Å². The van der Waals surface area contributed by atoms with Crippen molar-refractivity contribution in [2.45, 2.75) is 30.7 Å². The second-order valence-corrected chi connectivity index (χ2v) is 8.13. The van der Waals surface area contributed by atoms with Gasteiger partial charge in [-0.3, -0.25) is 4.79 Å². The Labute approximate surface area is 162 Å². The molecule has 1 N–H and O–H groups in total. The van der Waals surface area contributed by atoms with Crippen molar-refractivity contribution in [3.05, 3.63) is 51.0 Å². The van der Waals surface area contributed by atoms with Crippen LogP contribution in [0.3, 0.4) is 0 Å². The molecule has 2 heterocycles. The Hall–Kier alpha value is -1.97. The quantitative estimate of drug-likeness (QED) is 0.606. The zero-order valence-electron chi connectivity index (χ0n) is 13.8. The van der Waals surface area contributed by atoms with E-state index < -0.39 is 11.1 Å². The van der Waals surface area contributed by atoms with Gasteiger partial charge < -0.3 is 9.73 Å². The molecule has 6 nitrogen and oxygen atoms in total. The van der Waals surface area contributed by atoms with E-state index in [1.807, 2.05) is 12.3 Å². The van der Waals surface area contributed by atoms with Crippen LogP contribution >= 0.6 is 34.7 Å². The molecular weight excluding hydrogens is 399 g/mol. The smallest absolute Gasteiger partial charge is 0.277 e. The summed E-state index contributed by atoms with van der Waals surface area (Å²) in [6, 6.07) is 3.77. The molecule has 10 heteroatoms. The number of aryl methyl sites for hydroxylation is 1. The van der Waals surface area contributed by atoms with Crippen LogP contribution in [0, 0.1) is 12.7 Å². The molecule has 0 saturated carbocycles. The highest BCUT2D eigenvalue weighted by Gasteiger charge is 2.19. The molecule has 2 aromatic heterocycles. The molecule has 0 aliphatic rings. The number of nitrogens with one attached hydrogen (secondary N) is 1. The molecule has 0 unspecified atom stereocenters. The SMILES string of the molecule is Cc1nc(Cc2nnc(S[C@H](C)C(=O)Nc3ccc(F)cc3Cl)o2)cs1. The van der Waals surface area contributed by atoms with E-state index in [1.54, 1.807) is 18.3 Å². The predicted molar refractivity (Wildman–Crippen MR) is 99.3 cm³/mol. The third kappa shape index (κ3) is 4.80. The maximum absolute atomic E-state index is 13.1. The summed E-state index contributed by atoms with van der Waals surface area (Å²) in [4.78, 5) is 16.6. The Morgan fingerprint density at radius 1 is 1.46 bits per heavy atom. The van der Waals surface area contributed by atoms with Crippen LogP contribution in [-0.4, -0.2) is 26.3 Å². The lowest BCUT2D eigenvalue weighted by molar-refractivity contribution is -0.115. The summed E-state index contributed by atoms with van der Waals surface area (Å²) in [5.41, 5.74) is 1.21. The summed E-state index contributed by atoms with van der Waals surface area (Å²) in [6.07, 6.45) is 0.448. The molecule has 0 saturated heterocycles. The number of carbonyl (C=O) groups excluding carboxylic acids is 1. The first-order valence-electron chi connectivity index (χ1n) is 7.56. The molecule has 0 spiro atoms. The molecule has 0 fully saturated rings. The highest BCUT2D eigenvalue weighted by molar-refractivity contribution is 8.00. The van der Waals surface area contributed by atoms with Crippen molar-refractivity contribution >= 4 is 46.3 Å². The van der Waals surface area contributed by atoms with Crippen LogP contribution in [0.25, 0.3) is 0 Å². The average Bonchev–Trinajstić information content (AvgIpc) is 3.19. The molecule has 0 radical (unpaired) electrons. The lowest BCUT2D eigenvalue weighted by Crippen LogP contribution is -2.22. The first-order chi connectivity index (χ1) is 12.4. The van der Waals surface area contributed by atoms with E-state index in [2.05, 4.69) is 20.5 Å². The van der Waals surface area contributed by atoms with Crippen molar-refractivity contribution in [2.24, 2.45) is 0 Å². The number of anilines is 1. The Bertz CT molecular complexity index is 931. The number of carbonyl (C=O) groups is 1. The Kier molecular flexibility index (Phi) is 5.90. The maximum atomic E-state index is 13.1. The summed E-state index contributed by atoms with van der Waals surface area (Å²) in [5.74, 6) is -0.338. The van der Waals surface area contributed by atoms with Gasteiger partial charge in [0.05, 0.1) is 33.1 Å². The van der Waals surface area contributed by atoms with Crippen LogP contribution in [0.15, 0.2) is 33.2 Å². The van der Waals surface area contributed by atoms with Crippen molar-refractivity contribution in [3.8, 4) is 0 Å². The van der Waals surface area contributed by atoms with Gasteiger partial charge in [0.2, 0.25) is 11.8 Å². The first-order valence-corrected chi connectivity index (χ1v) is 9.70. The Balaban J connectivity index is 1.58. The number of rotatable bonds is 6. The van der Waals surface area contributed by atoms with Crippen molar-refractivity contribution < 1.29 is 13.6 Å². The number of nitrogens with zero attached hydrogens (tertiary/aromatic N) is 3. The molecule has 0 bridgehead atoms. The number of halogens is 2. The molecule has 0 aliphatic heterocycles. The Morgan fingerprint density at radius 2 is 2.27 bits per heavy atom. The zero-order chi connectivity index (χ0) is 18.7. The fraction of sp³-hybridized carbons (Fsp3) is 0.250. The van der Waals surface area contributed by atoms with Gasteiger partial charge in [-0.05, 0) is 32.0 Å². The molecular formula is C16H14ClFN4O2S2. The van der Waals surface area contributed by atoms with Crippen LogP contribution in [0.4, 0.5) is 10.1 Å². The highest BCUT2D eigenvalue weighted by atomic mass is 35.5. The van der Waals surface area contributed by atoms with Crippen LogP contribution in [0.5, 0.6) is 0 Å². The van der Waals surface area contributed by atoms with Crippen LogP contribution < -0.4 is 5.32 Å². The van der Waals surface area contributed by atoms with Crippen LogP contribution in [-0.2, 0) is 11.2 Å².